The average molecular weight is 320 g/mol. The number of carbonyl (C=O) groups is 1. The van der Waals surface area contributed by atoms with Crippen molar-refractivity contribution in [3.05, 3.63) is 35.9 Å². The third-order valence-electron chi connectivity index (χ3n) is 4.72. The van der Waals surface area contributed by atoms with E-state index >= 15 is 0 Å². The van der Waals surface area contributed by atoms with Crippen LogP contribution in [0.1, 0.15) is 37.7 Å². The Hall–Kier alpha value is -1.39. The van der Waals surface area contributed by atoms with E-state index in [1.807, 2.05) is 30.3 Å². The van der Waals surface area contributed by atoms with Crippen LogP contribution in [0.4, 0.5) is 0 Å². The Morgan fingerprint density at radius 3 is 2.35 bits per heavy atom. The van der Waals surface area contributed by atoms with Gasteiger partial charge in [-0.05, 0) is 18.4 Å². The molecule has 1 aromatic rings. The minimum absolute atomic E-state index is 0.0599. The van der Waals surface area contributed by atoms with Crippen LogP contribution in [0.15, 0.2) is 30.3 Å². The van der Waals surface area contributed by atoms with Crippen molar-refractivity contribution in [2.75, 3.05) is 34.3 Å². The van der Waals surface area contributed by atoms with Gasteiger partial charge in [-0.25, -0.2) is 4.79 Å². The van der Waals surface area contributed by atoms with Crippen LogP contribution in [0.3, 0.4) is 0 Å². The number of rotatable bonds is 6. The van der Waals surface area contributed by atoms with Crippen molar-refractivity contribution in [2.45, 2.75) is 37.7 Å². The number of hydrogen-bond acceptors (Lipinski definition) is 3. The molecule has 0 bridgehead atoms. The molecule has 0 unspecified atom stereocenters. The molecular weight excluding hydrogens is 290 g/mol. The standard InChI is InChI=1S/C19H30NO3/c1-20(2,3)14-15-23-18(21)19(22,16-10-6-4-7-11-16)17-12-8-5-9-13-17/h4,6-7,10-11,17,22H,5,8-9,12-15H2,1-3H3/q+1/t19-/m1/s1. The predicted molar refractivity (Wildman–Crippen MR) is 90.8 cm³/mol. The van der Waals surface area contributed by atoms with E-state index in [1.165, 1.54) is 6.42 Å². The van der Waals surface area contributed by atoms with Crippen molar-refractivity contribution in [1.82, 2.24) is 0 Å². The van der Waals surface area contributed by atoms with E-state index in [-0.39, 0.29) is 5.92 Å². The van der Waals surface area contributed by atoms with Gasteiger partial charge in [0.05, 0.1) is 21.1 Å². The van der Waals surface area contributed by atoms with Gasteiger partial charge in [-0.3, -0.25) is 0 Å². The second-order valence-electron chi connectivity index (χ2n) is 7.62. The highest BCUT2D eigenvalue weighted by Gasteiger charge is 2.47. The van der Waals surface area contributed by atoms with Gasteiger partial charge in [0.2, 0.25) is 0 Å². The fourth-order valence-electron chi connectivity index (χ4n) is 3.26. The number of likely N-dealkylation sites (N-methyl/N-ethyl adjacent to an activating group) is 1. The number of hydrogen-bond donors (Lipinski definition) is 1. The molecule has 4 heteroatoms. The zero-order valence-electron chi connectivity index (χ0n) is 14.6. The average Bonchev–Trinajstić information content (AvgIpc) is 2.54. The van der Waals surface area contributed by atoms with Gasteiger partial charge in [0, 0.05) is 5.92 Å². The molecule has 4 nitrogen and oxygen atoms in total. The zero-order valence-corrected chi connectivity index (χ0v) is 14.6. The van der Waals surface area contributed by atoms with Gasteiger partial charge >= 0.3 is 5.97 Å². The third kappa shape index (κ3) is 4.55. The Kier molecular flexibility index (Phi) is 5.82. The molecule has 0 spiro atoms. The molecule has 2 rings (SSSR count). The Balaban J connectivity index is 2.17. The monoisotopic (exact) mass is 320 g/mol. The number of benzene rings is 1. The number of esters is 1. The molecule has 0 heterocycles. The Morgan fingerprint density at radius 1 is 1.17 bits per heavy atom. The highest BCUT2D eigenvalue weighted by Crippen LogP contribution is 2.40. The van der Waals surface area contributed by atoms with Crippen LogP contribution in [-0.2, 0) is 15.1 Å². The lowest BCUT2D eigenvalue weighted by molar-refractivity contribution is -0.870. The SMILES string of the molecule is C[N+](C)(C)CCOC(=O)[C@@](O)(c1ccccc1)C1CCCCC1. The van der Waals surface area contributed by atoms with Gasteiger partial charge in [0.1, 0.15) is 13.2 Å². The number of nitrogens with zero attached hydrogens (tertiary/aromatic N) is 1. The first kappa shape index (κ1) is 18.0. The molecule has 0 saturated heterocycles. The summed E-state index contributed by atoms with van der Waals surface area (Å²) in [7, 11) is 6.16. The van der Waals surface area contributed by atoms with Crippen LogP contribution in [0.2, 0.25) is 0 Å². The van der Waals surface area contributed by atoms with Crippen molar-refractivity contribution in [1.29, 1.82) is 0 Å². The molecule has 1 aliphatic rings. The first-order valence-electron chi connectivity index (χ1n) is 8.59. The van der Waals surface area contributed by atoms with Crippen molar-refractivity contribution in [3.8, 4) is 0 Å². The minimum Gasteiger partial charge on any atom is -0.457 e. The quantitative estimate of drug-likeness (QED) is 0.647. The van der Waals surface area contributed by atoms with E-state index < -0.39 is 11.6 Å². The summed E-state index contributed by atoms with van der Waals surface area (Å²) in [5.41, 5.74) is -0.866. The van der Waals surface area contributed by atoms with E-state index in [0.717, 1.165) is 36.7 Å². The van der Waals surface area contributed by atoms with Gasteiger partial charge < -0.3 is 14.3 Å². The number of quaternary nitrogens is 1. The van der Waals surface area contributed by atoms with Gasteiger partial charge in [-0.15, -0.1) is 0 Å². The van der Waals surface area contributed by atoms with Crippen LogP contribution < -0.4 is 0 Å². The van der Waals surface area contributed by atoms with Gasteiger partial charge in [-0.1, -0.05) is 49.6 Å². The largest absolute Gasteiger partial charge is 0.457 e. The lowest BCUT2D eigenvalue weighted by Gasteiger charge is -2.37. The highest BCUT2D eigenvalue weighted by atomic mass is 16.5. The summed E-state index contributed by atoms with van der Waals surface area (Å²) >= 11 is 0. The Labute approximate surface area is 139 Å². The molecule has 1 saturated carbocycles. The molecule has 0 aromatic heterocycles. The van der Waals surface area contributed by atoms with Crippen LogP contribution in [0, 0.1) is 5.92 Å². The summed E-state index contributed by atoms with van der Waals surface area (Å²) in [6.07, 6.45) is 5.04. The van der Waals surface area contributed by atoms with Gasteiger partial charge in [-0.2, -0.15) is 0 Å². The molecule has 1 aromatic carbocycles. The number of carbonyl (C=O) groups excluding carboxylic acids is 1. The molecule has 1 aliphatic carbocycles. The fourth-order valence-corrected chi connectivity index (χ4v) is 3.26. The van der Waals surface area contributed by atoms with Crippen molar-refractivity contribution in [3.63, 3.8) is 0 Å². The summed E-state index contributed by atoms with van der Waals surface area (Å²) in [5.74, 6) is -0.556. The molecule has 0 amide bonds. The van der Waals surface area contributed by atoms with Crippen molar-refractivity contribution < 1.29 is 19.1 Å². The smallest absolute Gasteiger partial charge is 0.343 e. The van der Waals surface area contributed by atoms with E-state index in [0.29, 0.717) is 12.2 Å². The minimum atomic E-state index is -1.52. The lowest BCUT2D eigenvalue weighted by atomic mass is 9.73. The Bertz CT molecular complexity index is 503. The lowest BCUT2D eigenvalue weighted by Crippen LogP contribution is -2.46. The summed E-state index contributed by atoms with van der Waals surface area (Å²) in [6.45, 7) is 1.05. The maximum Gasteiger partial charge on any atom is 0.343 e. The van der Waals surface area contributed by atoms with E-state index in [4.69, 9.17) is 4.74 Å². The molecule has 0 aliphatic heterocycles. The first-order valence-corrected chi connectivity index (χ1v) is 8.59. The van der Waals surface area contributed by atoms with Crippen LogP contribution in [0.5, 0.6) is 0 Å². The topological polar surface area (TPSA) is 46.5 Å². The maximum absolute atomic E-state index is 12.8. The van der Waals surface area contributed by atoms with Crippen LogP contribution in [-0.4, -0.2) is 49.9 Å². The molecule has 1 fully saturated rings. The molecule has 128 valence electrons. The highest BCUT2D eigenvalue weighted by molar-refractivity contribution is 5.81. The predicted octanol–water partition coefficient (Wildman–Crippen LogP) is 2.70. The normalized spacial score (nSPS) is 19.1. The second-order valence-corrected chi connectivity index (χ2v) is 7.62. The third-order valence-corrected chi connectivity index (χ3v) is 4.72. The maximum atomic E-state index is 12.8. The second kappa shape index (κ2) is 7.45. The van der Waals surface area contributed by atoms with Crippen molar-refractivity contribution >= 4 is 5.97 Å². The number of aliphatic hydroxyl groups is 1. The summed E-state index contributed by atoms with van der Waals surface area (Å²) < 4.78 is 6.21. The summed E-state index contributed by atoms with van der Waals surface area (Å²) in [6, 6.07) is 9.28. The summed E-state index contributed by atoms with van der Waals surface area (Å²) in [5, 5.41) is 11.3. The van der Waals surface area contributed by atoms with Gasteiger partial charge in [0.15, 0.2) is 5.60 Å². The summed E-state index contributed by atoms with van der Waals surface area (Å²) in [4.78, 5) is 12.8. The molecular formula is C19H30NO3+. The molecule has 0 radical (unpaired) electrons. The van der Waals surface area contributed by atoms with Gasteiger partial charge in [0.25, 0.3) is 0 Å². The first-order chi connectivity index (χ1) is 10.8. The molecule has 23 heavy (non-hydrogen) atoms. The fraction of sp³-hybridized carbons (Fsp3) is 0.632. The number of ether oxygens (including phenoxy) is 1. The Morgan fingerprint density at radius 2 is 1.78 bits per heavy atom. The van der Waals surface area contributed by atoms with E-state index in [9.17, 15) is 9.90 Å². The van der Waals surface area contributed by atoms with Crippen LogP contribution in [0.25, 0.3) is 0 Å². The van der Waals surface area contributed by atoms with E-state index in [2.05, 4.69) is 21.1 Å². The van der Waals surface area contributed by atoms with E-state index in [1.54, 1.807) is 0 Å². The zero-order chi connectivity index (χ0) is 16.9. The van der Waals surface area contributed by atoms with Crippen LogP contribution >= 0.6 is 0 Å². The van der Waals surface area contributed by atoms with Crippen molar-refractivity contribution in [2.24, 2.45) is 5.92 Å². The molecule has 1 atom stereocenters. The molecule has 1 N–H and O–H groups in total.